The van der Waals surface area contributed by atoms with E-state index in [0.29, 0.717) is 31.2 Å². The van der Waals surface area contributed by atoms with Gasteiger partial charge in [0.2, 0.25) is 17.7 Å². The highest BCUT2D eigenvalue weighted by atomic mass is 16.4. The molecular formula is C19H18N4O2. The van der Waals surface area contributed by atoms with Gasteiger partial charge < -0.3 is 9.32 Å². The number of benzene rings is 1. The van der Waals surface area contributed by atoms with E-state index >= 15 is 0 Å². The number of fused-ring (bicyclic) bond motifs is 1. The second kappa shape index (κ2) is 6.84. The summed E-state index contributed by atoms with van der Waals surface area (Å²) in [5.74, 6) is 1.06. The molecule has 6 heteroatoms. The molecule has 0 unspecified atom stereocenters. The molecule has 0 aliphatic carbocycles. The molecule has 0 fully saturated rings. The summed E-state index contributed by atoms with van der Waals surface area (Å²) in [5, 5.41) is 8.08. The van der Waals surface area contributed by atoms with Crippen molar-refractivity contribution in [2.75, 3.05) is 6.54 Å². The van der Waals surface area contributed by atoms with E-state index in [1.54, 1.807) is 12.4 Å². The van der Waals surface area contributed by atoms with Gasteiger partial charge in [0.05, 0.1) is 0 Å². The molecule has 0 bridgehead atoms. The van der Waals surface area contributed by atoms with Crippen LogP contribution in [0.4, 0.5) is 0 Å². The summed E-state index contributed by atoms with van der Waals surface area (Å²) in [6.07, 6.45) is 5.09. The van der Waals surface area contributed by atoms with Crippen LogP contribution in [0.25, 0.3) is 11.5 Å². The lowest BCUT2D eigenvalue weighted by molar-refractivity contribution is -0.132. The number of pyridine rings is 1. The highest BCUT2D eigenvalue weighted by Crippen LogP contribution is 2.20. The van der Waals surface area contributed by atoms with E-state index in [2.05, 4.69) is 27.3 Å². The van der Waals surface area contributed by atoms with Gasteiger partial charge >= 0.3 is 0 Å². The molecule has 0 N–H and O–H groups in total. The van der Waals surface area contributed by atoms with Gasteiger partial charge in [-0.05, 0) is 29.7 Å². The van der Waals surface area contributed by atoms with Crippen LogP contribution in [0.3, 0.4) is 0 Å². The van der Waals surface area contributed by atoms with Gasteiger partial charge in [0.15, 0.2) is 0 Å². The number of carbonyl (C=O) groups excluding carboxylic acids is 1. The number of hydrogen-bond donors (Lipinski definition) is 0. The van der Waals surface area contributed by atoms with E-state index in [1.807, 2.05) is 29.2 Å². The van der Waals surface area contributed by atoms with Crippen LogP contribution >= 0.6 is 0 Å². The third kappa shape index (κ3) is 3.42. The first-order valence-electron chi connectivity index (χ1n) is 8.37. The van der Waals surface area contributed by atoms with E-state index in [4.69, 9.17) is 4.42 Å². The predicted molar refractivity (Wildman–Crippen MR) is 91.4 cm³/mol. The highest BCUT2D eigenvalue weighted by molar-refractivity contribution is 5.76. The molecule has 126 valence electrons. The van der Waals surface area contributed by atoms with Crippen LogP contribution in [-0.2, 0) is 24.2 Å². The number of nitrogens with zero attached hydrogens (tertiary/aromatic N) is 4. The van der Waals surface area contributed by atoms with E-state index in [9.17, 15) is 4.79 Å². The SMILES string of the molecule is O=C(CCc1nnc(-c2ccncc2)o1)N1CCc2ccccc2C1. The second-order valence-corrected chi connectivity index (χ2v) is 6.07. The minimum Gasteiger partial charge on any atom is -0.421 e. The lowest BCUT2D eigenvalue weighted by Gasteiger charge is -2.28. The standard InChI is InChI=1S/C19H18N4O2/c24-18(23-12-9-14-3-1-2-4-16(14)13-23)6-5-17-21-22-19(25-17)15-7-10-20-11-8-15/h1-4,7-8,10-11H,5-6,9,12-13H2. The number of amides is 1. The van der Waals surface area contributed by atoms with Crippen molar-refractivity contribution >= 4 is 5.91 Å². The van der Waals surface area contributed by atoms with Crippen LogP contribution in [0, 0.1) is 0 Å². The van der Waals surface area contributed by atoms with Gasteiger partial charge in [0.1, 0.15) is 0 Å². The first-order valence-corrected chi connectivity index (χ1v) is 8.37. The molecule has 3 aromatic rings. The minimum atomic E-state index is 0.123. The Morgan fingerprint density at radius 2 is 1.88 bits per heavy atom. The van der Waals surface area contributed by atoms with Crippen molar-refractivity contribution in [2.24, 2.45) is 0 Å². The normalized spacial score (nSPS) is 13.5. The summed E-state index contributed by atoms with van der Waals surface area (Å²) >= 11 is 0. The molecule has 1 aliphatic rings. The van der Waals surface area contributed by atoms with E-state index in [0.717, 1.165) is 18.5 Å². The topological polar surface area (TPSA) is 72.1 Å². The van der Waals surface area contributed by atoms with Crippen LogP contribution in [0.5, 0.6) is 0 Å². The molecule has 4 rings (SSSR count). The Kier molecular flexibility index (Phi) is 4.24. The summed E-state index contributed by atoms with van der Waals surface area (Å²) in [6, 6.07) is 11.9. The molecule has 0 radical (unpaired) electrons. The minimum absolute atomic E-state index is 0.123. The van der Waals surface area contributed by atoms with Gasteiger partial charge in [0, 0.05) is 43.9 Å². The summed E-state index contributed by atoms with van der Waals surface area (Å²) in [6.45, 7) is 1.45. The van der Waals surface area contributed by atoms with Gasteiger partial charge in [-0.15, -0.1) is 10.2 Å². The number of rotatable bonds is 4. The summed E-state index contributed by atoms with van der Waals surface area (Å²) in [4.78, 5) is 18.4. The first-order chi connectivity index (χ1) is 12.3. The monoisotopic (exact) mass is 334 g/mol. The summed E-state index contributed by atoms with van der Waals surface area (Å²) in [7, 11) is 0. The van der Waals surface area contributed by atoms with Crippen molar-refractivity contribution in [3.8, 4) is 11.5 Å². The maximum atomic E-state index is 12.5. The zero-order valence-electron chi connectivity index (χ0n) is 13.8. The van der Waals surface area contributed by atoms with Gasteiger partial charge in [-0.2, -0.15) is 0 Å². The second-order valence-electron chi connectivity index (χ2n) is 6.07. The number of aromatic nitrogens is 3. The van der Waals surface area contributed by atoms with E-state index in [1.165, 1.54) is 11.1 Å². The number of hydrogen-bond acceptors (Lipinski definition) is 5. The van der Waals surface area contributed by atoms with E-state index < -0.39 is 0 Å². The molecule has 25 heavy (non-hydrogen) atoms. The zero-order valence-corrected chi connectivity index (χ0v) is 13.8. The number of aryl methyl sites for hydroxylation is 1. The maximum Gasteiger partial charge on any atom is 0.247 e. The van der Waals surface area contributed by atoms with Crippen molar-refractivity contribution in [1.82, 2.24) is 20.1 Å². The smallest absolute Gasteiger partial charge is 0.247 e. The van der Waals surface area contributed by atoms with Crippen LogP contribution in [-0.4, -0.2) is 32.5 Å². The lowest BCUT2D eigenvalue weighted by atomic mass is 9.99. The van der Waals surface area contributed by atoms with Crippen molar-refractivity contribution < 1.29 is 9.21 Å². The fourth-order valence-electron chi connectivity index (χ4n) is 3.05. The quantitative estimate of drug-likeness (QED) is 0.733. The molecule has 1 aromatic carbocycles. The summed E-state index contributed by atoms with van der Waals surface area (Å²) < 4.78 is 5.64. The van der Waals surface area contributed by atoms with Gasteiger partial charge in [-0.25, -0.2) is 0 Å². The van der Waals surface area contributed by atoms with Crippen molar-refractivity contribution in [3.05, 3.63) is 65.8 Å². The Morgan fingerprint density at radius 1 is 1.08 bits per heavy atom. The molecule has 1 amide bonds. The molecule has 0 atom stereocenters. The molecule has 0 spiro atoms. The van der Waals surface area contributed by atoms with Gasteiger partial charge in [0.25, 0.3) is 0 Å². The predicted octanol–water partition coefficient (Wildman–Crippen LogP) is 2.65. The zero-order chi connectivity index (χ0) is 17.1. The Balaban J connectivity index is 1.36. The Hall–Kier alpha value is -3.02. The van der Waals surface area contributed by atoms with Crippen molar-refractivity contribution in [3.63, 3.8) is 0 Å². The molecule has 1 aliphatic heterocycles. The largest absolute Gasteiger partial charge is 0.421 e. The summed E-state index contributed by atoms with van der Waals surface area (Å²) in [5.41, 5.74) is 3.40. The molecule has 2 aromatic heterocycles. The van der Waals surface area contributed by atoms with Crippen LogP contribution in [0.2, 0.25) is 0 Å². The Labute approximate surface area is 145 Å². The first kappa shape index (κ1) is 15.5. The average molecular weight is 334 g/mol. The Bertz CT molecular complexity index is 876. The van der Waals surface area contributed by atoms with Gasteiger partial charge in [-0.3, -0.25) is 9.78 Å². The molecule has 0 saturated carbocycles. The third-order valence-electron chi connectivity index (χ3n) is 4.43. The van der Waals surface area contributed by atoms with Crippen LogP contribution < -0.4 is 0 Å². The fourth-order valence-corrected chi connectivity index (χ4v) is 3.05. The molecular weight excluding hydrogens is 316 g/mol. The maximum absolute atomic E-state index is 12.5. The van der Waals surface area contributed by atoms with Crippen LogP contribution in [0.15, 0.2) is 53.2 Å². The van der Waals surface area contributed by atoms with Crippen LogP contribution in [0.1, 0.15) is 23.4 Å². The van der Waals surface area contributed by atoms with E-state index in [-0.39, 0.29) is 5.91 Å². The van der Waals surface area contributed by atoms with Crippen molar-refractivity contribution in [2.45, 2.75) is 25.8 Å². The number of carbonyl (C=O) groups is 1. The fraction of sp³-hybridized carbons (Fsp3) is 0.263. The van der Waals surface area contributed by atoms with Gasteiger partial charge in [-0.1, -0.05) is 24.3 Å². The third-order valence-corrected chi connectivity index (χ3v) is 4.43. The average Bonchev–Trinajstić information content (AvgIpc) is 3.15. The highest BCUT2D eigenvalue weighted by Gasteiger charge is 2.20. The Morgan fingerprint density at radius 3 is 2.72 bits per heavy atom. The molecule has 6 nitrogen and oxygen atoms in total. The lowest BCUT2D eigenvalue weighted by Crippen LogP contribution is -2.36. The van der Waals surface area contributed by atoms with Crippen molar-refractivity contribution in [1.29, 1.82) is 0 Å². The molecule has 0 saturated heterocycles. The molecule has 3 heterocycles.